The van der Waals surface area contributed by atoms with Crippen LogP contribution in [0.15, 0.2) is 72.8 Å². The van der Waals surface area contributed by atoms with Gasteiger partial charge in [-0.15, -0.1) is 0 Å². The SMILES string of the molecule is C#COc1ccc([Si](C)(C)CCCc2ccc(F)c(Oc3ccccc3)c2)cc1. The van der Waals surface area contributed by atoms with Crippen molar-refractivity contribution in [2.75, 3.05) is 0 Å². The van der Waals surface area contributed by atoms with E-state index in [1.807, 2.05) is 54.6 Å². The van der Waals surface area contributed by atoms with Crippen LogP contribution in [0.3, 0.4) is 0 Å². The second-order valence-corrected chi connectivity index (χ2v) is 12.5. The van der Waals surface area contributed by atoms with E-state index in [1.165, 1.54) is 11.3 Å². The molecule has 0 aromatic heterocycles. The molecule has 3 aromatic carbocycles. The lowest BCUT2D eigenvalue weighted by molar-refractivity contribution is 0.441. The molecule has 0 aliphatic carbocycles. The number of ether oxygens (including phenoxy) is 2. The van der Waals surface area contributed by atoms with Gasteiger partial charge in [-0.2, -0.15) is 0 Å². The number of aryl methyl sites for hydroxylation is 1. The summed E-state index contributed by atoms with van der Waals surface area (Å²) in [4.78, 5) is 0. The van der Waals surface area contributed by atoms with Crippen LogP contribution in [0.4, 0.5) is 4.39 Å². The quantitative estimate of drug-likeness (QED) is 0.332. The molecule has 0 bridgehead atoms. The van der Waals surface area contributed by atoms with Crippen molar-refractivity contribution in [2.24, 2.45) is 0 Å². The predicted octanol–water partition coefficient (Wildman–Crippen LogP) is 6.14. The van der Waals surface area contributed by atoms with Crippen molar-refractivity contribution >= 4 is 13.3 Å². The van der Waals surface area contributed by atoms with Gasteiger partial charge in [0, 0.05) is 0 Å². The first-order valence-corrected chi connectivity index (χ1v) is 12.9. The van der Waals surface area contributed by atoms with Gasteiger partial charge in [-0.3, -0.25) is 0 Å². The fourth-order valence-electron chi connectivity index (χ4n) is 3.32. The number of benzene rings is 3. The summed E-state index contributed by atoms with van der Waals surface area (Å²) in [7, 11) is -1.58. The molecule has 0 heterocycles. The molecule has 0 N–H and O–H groups in total. The van der Waals surface area contributed by atoms with Crippen LogP contribution in [0.5, 0.6) is 17.2 Å². The fourth-order valence-corrected chi connectivity index (χ4v) is 5.74. The van der Waals surface area contributed by atoms with Crippen LogP contribution in [0.1, 0.15) is 12.0 Å². The average molecular weight is 405 g/mol. The lowest BCUT2D eigenvalue weighted by Gasteiger charge is -2.23. The molecule has 0 spiro atoms. The number of rotatable bonds is 8. The van der Waals surface area contributed by atoms with Crippen LogP contribution in [-0.4, -0.2) is 8.07 Å². The summed E-state index contributed by atoms with van der Waals surface area (Å²) in [6.45, 7) is 4.72. The monoisotopic (exact) mass is 404 g/mol. The van der Waals surface area contributed by atoms with Crippen LogP contribution in [0, 0.1) is 18.3 Å². The number of para-hydroxylation sites is 1. The maximum Gasteiger partial charge on any atom is 0.165 e. The lowest BCUT2D eigenvalue weighted by atomic mass is 10.1. The van der Waals surface area contributed by atoms with Crippen LogP contribution in [-0.2, 0) is 6.42 Å². The van der Waals surface area contributed by atoms with Crippen molar-refractivity contribution in [3.8, 4) is 29.8 Å². The minimum absolute atomic E-state index is 0.273. The van der Waals surface area contributed by atoms with Crippen molar-refractivity contribution in [2.45, 2.75) is 32.0 Å². The first kappa shape index (κ1) is 20.7. The average Bonchev–Trinajstić information content (AvgIpc) is 2.72. The number of halogens is 1. The molecule has 0 atom stereocenters. The molecule has 0 fully saturated rings. The smallest absolute Gasteiger partial charge is 0.165 e. The molecule has 0 aliphatic rings. The first-order chi connectivity index (χ1) is 14.0. The summed E-state index contributed by atoms with van der Waals surface area (Å²) in [6.07, 6.45) is 9.29. The Labute approximate surface area is 173 Å². The van der Waals surface area contributed by atoms with Crippen molar-refractivity contribution in [1.29, 1.82) is 0 Å². The van der Waals surface area contributed by atoms with Gasteiger partial charge in [0.05, 0.1) is 8.07 Å². The van der Waals surface area contributed by atoms with E-state index in [1.54, 1.807) is 0 Å². The van der Waals surface area contributed by atoms with Crippen molar-refractivity contribution < 1.29 is 13.9 Å². The van der Waals surface area contributed by atoms with Gasteiger partial charge in [0.1, 0.15) is 17.6 Å². The molecular formula is C25H25FO2Si. The third-order valence-electron chi connectivity index (χ3n) is 5.05. The third-order valence-corrected chi connectivity index (χ3v) is 8.55. The Hall–Kier alpha value is -3.03. The first-order valence-electron chi connectivity index (χ1n) is 9.72. The van der Waals surface area contributed by atoms with Crippen LogP contribution >= 0.6 is 0 Å². The molecule has 0 saturated carbocycles. The minimum atomic E-state index is -1.58. The Morgan fingerprint density at radius 3 is 2.34 bits per heavy atom. The van der Waals surface area contributed by atoms with Gasteiger partial charge in [-0.05, 0) is 48.4 Å². The van der Waals surface area contributed by atoms with E-state index >= 15 is 0 Å². The highest BCUT2D eigenvalue weighted by molar-refractivity contribution is 6.89. The van der Waals surface area contributed by atoms with Crippen molar-refractivity contribution in [1.82, 2.24) is 0 Å². The molecule has 0 saturated heterocycles. The summed E-state index contributed by atoms with van der Waals surface area (Å²) in [5.41, 5.74) is 1.08. The van der Waals surface area contributed by atoms with E-state index < -0.39 is 8.07 Å². The van der Waals surface area contributed by atoms with Crippen LogP contribution in [0.2, 0.25) is 19.1 Å². The molecular weight excluding hydrogens is 379 g/mol. The number of hydrogen-bond acceptors (Lipinski definition) is 2. The van der Waals surface area contributed by atoms with Crippen molar-refractivity contribution in [3.05, 3.63) is 84.2 Å². The molecule has 3 rings (SSSR count). The standard InChI is InChI=1S/C25H25FO2Si/c1-4-27-21-13-15-23(16-14-21)29(2,3)18-8-9-20-12-17-24(26)25(19-20)28-22-10-6-5-7-11-22/h1,5-7,10-17,19H,8-9,18H2,2-3H3. The molecule has 2 nitrogen and oxygen atoms in total. The van der Waals surface area contributed by atoms with Gasteiger partial charge in [0.25, 0.3) is 0 Å². The Balaban J connectivity index is 1.61. The summed E-state index contributed by atoms with van der Waals surface area (Å²) in [6, 6.07) is 23.6. The molecule has 29 heavy (non-hydrogen) atoms. The van der Waals surface area contributed by atoms with Crippen LogP contribution < -0.4 is 14.7 Å². The summed E-state index contributed by atoms with van der Waals surface area (Å²) in [5, 5.41) is 1.37. The second-order valence-electron chi connectivity index (χ2n) is 7.66. The molecule has 0 unspecified atom stereocenters. The summed E-state index contributed by atoms with van der Waals surface area (Å²) >= 11 is 0. The zero-order valence-electron chi connectivity index (χ0n) is 16.8. The molecule has 4 heteroatoms. The van der Waals surface area contributed by atoms with E-state index in [0.29, 0.717) is 11.5 Å². The zero-order chi connectivity index (χ0) is 20.7. The van der Waals surface area contributed by atoms with E-state index in [4.69, 9.17) is 15.9 Å². The second kappa shape index (κ2) is 9.44. The van der Waals surface area contributed by atoms with Crippen LogP contribution in [0.25, 0.3) is 0 Å². The van der Waals surface area contributed by atoms with Gasteiger partial charge in [0.2, 0.25) is 0 Å². The Morgan fingerprint density at radius 1 is 0.931 bits per heavy atom. The maximum absolute atomic E-state index is 14.1. The lowest BCUT2D eigenvalue weighted by Crippen LogP contribution is -2.40. The Bertz CT molecular complexity index is 976. The molecule has 0 aliphatic heterocycles. The van der Waals surface area contributed by atoms with E-state index in [0.717, 1.165) is 24.4 Å². The topological polar surface area (TPSA) is 18.5 Å². The number of hydrogen-bond donors (Lipinski definition) is 0. The maximum atomic E-state index is 14.1. The normalized spacial score (nSPS) is 11.0. The van der Waals surface area contributed by atoms with Gasteiger partial charge in [-0.1, -0.05) is 73.6 Å². The van der Waals surface area contributed by atoms with Gasteiger partial charge < -0.3 is 9.47 Å². The molecule has 3 aromatic rings. The minimum Gasteiger partial charge on any atom is -0.454 e. The highest BCUT2D eigenvalue weighted by atomic mass is 28.3. The largest absolute Gasteiger partial charge is 0.454 e. The Kier molecular flexibility index (Phi) is 6.74. The Morgan fingerprint density at radius 2 is 1.66 bits per heavy atom. The van der Waals surface area contributed by atoms with Gasteiger partial charge >= 0.3 is 0 Å². The number of terminal acetylenes is 1. The van der Waals surface area contributed by atoms with E-state index in [-0.39, 0.29) is 11.6 Å². The molecule has 148 valence electrons. The third kappa shape index (κ3) is 5.72. The highest BCUT2D eigenvalue weighted by Gasteiger charge is 2.22. The highest BCUT2D eigenvalue weighted by Crippen LogP contribution is 2.26. The summed E-state index contributed by atoms with van der Waals surface area (Å²) < 4.78 is 24.9. The predicted molar refractivity (Wildman–Crippen MR) is 119 cm³/mol. The van der Waals surface area contributed by atoms with E-state index in [2.05, 4.69) is 31.3 Å². The summed E-state index contributed by atoms with van der Waals surface area (Å²) in [5.74, 6) is 1.25. The van der Waals surface area contributed by atoms with E-state index in [9.17, 15) is 4.39 Å². The zero-order valence-corrected chi connectivity index (χ0v) is 17.8. The molecule has 0 amide bonds. The molecule has 0 radical (unpaired) electrons. The van der Waals surface area contributed by atoms with Gasteiger partial charge in [0.15, 0.2) is 11.6 Å². The van der Waals surface area contributed by atoms with Gasteiger partial charge in [-0.25, -0.2) is 4.39 Å². The fraction of sp³-hybridized carbons (Fsp3) is 0.200. The van der Waals surface area contributed by atoms with Crippen molar-refractivity contribution in [3.63, 3.8) is 0 Å².